The van der Waals surface area contributed by atoms with Crippen LogP contribution < -0.4 is 15.8 Å². The van der Waals surface area contributed by atoms with Crippen molar-refractivity contribution in [2.24, 2.45) is 5.73 Å². The quantitative estimate of drug-likeness (QED) is 0.855. The number of hydrogen-bond acceptors (Lipinski definition) is 3. The van der Waals surface area contributed by atoms with Crippen molar-refractivity contribution in [3.05, 3.63) is 59.7 Å². The molecule has 0 radical (unpaired) electrons. The highest BCUT2D eigenvalue weighted by Crippen LogP contribution is 2.16. The zero-order valence-corrected chi connectivity index (χ0v) is 13.8. The lowest BCUT2D eigenvalue weighted by Crippen LogP contribution is -2.31. The predicted octanol–water partition coefficient (Wildman–Crippen LogP) is 2.64. The molecule has 0 atom stereocenters. The number of carbonyl (C=O) groups excluding carboxylic acids is 2. The van der Waals surface area contributed by atoms with E-state index in [1.54, 1.807) is 36.2 Å². The summed E-state index contributed by atoms with van der Waals surface area (Å²) in [6.07, 6.45) is 0. The van der Waals surface area contributed by atoms with Crippen LogP contribution >= 0.6 is 0 Å². The molecule has 0 saturated heterocycles. The smallest absolute Gasteiger partial charge is 0.316 e. The zero-order chi connectivity index (χ0) is 17.5. The third kappa shape index (κ3) is 4.74. The first-order chi connectivity index (χ1) is 11.5. The van der Waals surface area contributed by atoms with Crippen molar-refractivity contribution in [2.45, 2.75) is 6.92 Å². The van der Waals surface area contributed by atoms with Crippen molar-refractivity contribution in [3.63, 3.8) is 0 Å². The van der Waals surface area contributed by atoms with Gasteiger partial charge < -0.3 is 20.7 Å². The number of likely N-dealkylation sites (N-methyl/N-ethyl adjacent to an activating group) is 1. The molecule has 2 rings (SSSR count). The predicted molar refractivity (Wildman–Crippen MR) is 93.3 cm³/mol. The normalized spacial score (nSPS) is 10.1. The van der Waals surface area contributed by atoms with Gasteiger partial charge >= 0.3 is 6.03 Å². The number of aryl methyl sites for hydroxylation is 1. The van der Waals surface area contributed by atoms with E-state index in [0.717, 1.165) is 11.3 Å². The largest absolute Gasteiger partial charge is 0.491 e. The lowest BCUT2D eigenvalue weighted by molar-refractivity contribution is 0.0773. The van der Waals surface area contributed by atoms with Crippen LogP contribution in [0.15, 0.2) is 48.5 Å². The summed E-state index contributed by atoms with van der Waals surface area (Å²) >= 11 is 0. The maximum atomic E-state index is 12.4. The topological polar surface area (TPSA) is 84.7 Å². The van der Waals surface area contributed by atoms with Gasteiger partial charge in [0.05, 0.1) is 6.54 Å². The van der Waals surface area contributed by atoms with Crippen LogP contribution in [-0.4, -0.2) is 37.0 Å². The van der Waals surface area contributed by atoms with Crippen LogP contribution in [0.5, 0.6) is 5.75 Å². The van der Waals surface area contributed by atoms with E-state index in [2.05, 4.69) is 5.32 Å². The Kier molecular flexibility index (Phi) is 5.78. The fourth-order valence-electron chi connectivity index (χ4n) is 2.21. The highest BCUT2D eigenvalue weighted by Gasteiger charge is 2.12. The summed E-state index contributed by atoms with van der Waals surface area (Å²) in [7, 11) is 1.71. The molecule has 0 saturated carbocycles. The van der Waals surface area contributed by atoms with E-state index in [1.807, 2.05) is 31.2 Å². The molecule has 0 aliphatic heterocycles. The van der Waals surface area contributed by atoms with Gasteiger partial charge in [0.1, 0.15) is 12.4 Å². The number of benzene rings is 2. The lowest BCUT2D eigenvalue weighted by atomic mass is 10.2. The zero-order valence-electron chi connectivity index (χ0n) is 13.8. The summed E-state index contributed by atoms with van der Waals surface area (Å²) in [5.74, 6) is 0.655. The Labute approximate surface area is 141 Å². The summed E-state index contributed by atoms with van der Waals surface area (Å²) in [5.41, 5.74) is 7.09. The van der Waals surface area contributed by atoms with Gasteiger partial charge in [0.25, 0.3) is 5.91 Å². The molecule has 0 aromatic heterocycles. The minimum Gasteiger partial charge on any atom is -0.491 e. The van der Waals surface area contributed by atoms with E-state index in [1.165, 1.54) is 0 Å². The van der Waals surface area contributed by atoms with E-state index in [0.29, 0.717) is 24.4 Å². The number of ether oxygens (including phenoxy) is 1. The number of rotatable bonds is 6. The highest BCUT2D eigenvalue weighted by molar-refractivity contribution is 5.96. The maximum absolute atomic E-state index is 12.4. The molecule has 0 aliphatic carbocycles. The number of para-hydroxylation sites is 1. The lowest BCUT2D eigenvalue weighted by Gasteiger charge is -2.18. The van der Waals surface area contributed by atoms with E-state index < -0.39 is 6.03 Å². The fourth-order valence-corrected chi connectivity index (χ4v) is 2.21. The maximum Gasteiger partial charge on any atom is 0.316 e. The number of anilines is 1. The minimum atomic E-state index is -0.667. The standard InChI is InChI=1S/C18H21N3O3/c1-13-6-3-4-9-16(13)24-11-10-21(2)17(22)14-7-5-8-15(12-14)20-18(19)23/h3-9,12H,10-11H2,1-2H3,(H3,19,20,23). The van der Waals surface area contributed by atoms with Gasteiger partial charge in [-0.3, -0.25) is 4.79 Å². The van der Waals surface area contributed by atoms with Crippen molar-refractivity contribution in [3.8, 4) is 5.75 Å². The van der Waals surface area contributed by atoms with Crippen LogP contribution in [0.4, 0.5) is 10.5 Å². The van der Waals surface area contributed by atoms with Crippen molar-refractivity contribution in [1.82, 2.24) is 4.90 Å². The summed E-state index contributed by atoms with van der Waals surface area (Å²) < 4.78 is 5.70. The second-order valence-electron chi connectivity index (χ2n) is 5.41. The number of hydrogen-bond donors (Lipinski definition) is 2. The molecule has 0 fully saturated rings. The van der Waals surface area contributed by atoms with Crippen LogP contribution in [0.2, 0.25) is 0 Å². The summed E-state index contributed by atoms with van der Waals surface area (Å²) in [6, 6.07) is 13.7. The molecule has 2 aromatic carbocycles. The molecule has 0 unspecified atom stereocenters. The summed E-state index contributed by atoms with van der Waals surface area (Å²) in [4.78, 5) is 24.9. The minimum absolute atomic E-state index is 0.156. The molecule has 3 N–H and O–H groups in total. The Hall–Kier alpha value is -3.02. The van der Waals surface area contributed by atoms with Gasteiger partial charge in [-0.2, -0.15) is 0 Å². The molecule has 0 aliphatic rings. The molecular weight excluding hydrogens is 306 g/mol. The number of carbonyl (C=O) groups is 2. The van der Waals surface area contributed by atoms with Crippen molar-refractivity contribution in [1.29, 1.82) is 0 Å². The summed E-state index contributed by atoms with van der Waals surface area (Å²) in [5, 5.41) is 2.45. The first kappa shape index (κ1) is 17.3. The van der Waals surface area contributed by atoms with E-state index in [-0.39, 0.29) is 5.91 Å². The summed E-state index contributed by atoms with van der Waals surface area (Å²) in [6.45, 7) is 2.81. The number of primary amides is 1. The number of amides is 3. The van der Waals surface area contributed by atoms with E-state index in [9.17, 15) is 9.59 Å². The average Bonchev–Trinajstić information content (AvgIpc) is 2.55. The van der Waals surface area contributed by atoms with Crippen LogP contribution in [-0.2, 0) is 0 Å². The Morgan fingerprint density at radius 3 is 2.62 bits per heavy atom. The van der Waals surface area contributed by atoms with Gasteiger partial charge in [-0.25, -0.2) is 4.79 Å². The average molecular weight is 327 g/mol. The number of nitrogens with two attached hydrogens (primary N) is 1. The SMILES string of the molecule is Cc1ccccc1OCCN(C)C(=O)c1cccc(NC(N)=O)c1. The molecule has 6 nitrogen and oxygen atoms in total. The second kappa shape index (κ2) is 8.01. The van der Waals surface area contributed by atoms with Crippen molar-refractivity contribution in [2.75, 3.05) is 25.5 Å². The molecule has 0 heterocycles. The fraction of sp³-hybridized carbons (Fsp3) is 0.222. The Morgan fingerprint density at radius 1 is 1.17 bits per heavy atom. The Morgan fingerprint density at radius 2 is 1.92 bits per heavy atom. The van der Waals surface area contributed by atoms with Gasteiger partial charge in [0.15, 0.2) is 0 Å². The molecule has 6 heteroatoms. The monoisotopic (exact) mass is 327 g/mol. The number of nitrogens with zero attached hydrogens (tertiary/aromatic N) is 1. The highest BCUT2D eigenvalue weighted by atomic mass is 16.5. The van der Waals surface area contributed by atoms with Gasteiger partial charge in [-0.15, -0.1) is 0 Å². The van der Waals surface area contributed by atoms with Crippen molar-refractivity contribution < 1.29 is 14.3 Å². The molecule has 126 valence electrons. The molecule has 2 aromatic rings. The Balaban J connectivity index is 1.92. The molecule has 3 amide bonds. The van der Waals surface area contributed by atoms with E-state index >= 15 is 0 Å². The first-order valence-corrected chi connectivity index (χ1v) is 7.58. The first-order valence-electron chi connectivity index (χ1n) is 7.58. The molecule has 24 heavy (non-hydrogen) atoms. The number of urea groups is 1. The van der Waals surface area contributed by atoms with Gasteiger partial charge in [0, 0.05) is 18.3 Å². The van der Waals surface area contributed by atoms with Gasteiger partial charge in [0.2, 0.25) is 0 Å². The molecular formula is C18H21N3O3. The second-order valence-corrected chi connectivity index (χ2v) is 5.41. The molecule has 0 bridgehead atoms. The van der Waals surface area contributed by atoms with Gasteiger partial charge in [-0.1, -0.05) is 24.3 Å². The van der Waals surface area contributed by atoms with Crippen LogP contribution in [0, 0.1) is 6.92 Å². The van der Waals surface area contributed by atoms with Crippen LogP contribution in [0.25, 0.3) is 0 Å². The van der Waals surface area contributed by atoms with Crippen LogP contribution in [0.3, 0.4) is 0 Å². The van der Waals surface area contributed by atoms with Crippen LogP contribution in [0.1, 0.15) is 15.9 Å². The third-order valence-electron chi connectivity index (χ3n) is 3.50. The van der Waals surface area contributed by atoms with E-state index in [4.69, 9.17) is 10.5 Å². The van der Waals surface area contributed by atoms with Crippen molar-refractivity contribution >= 4 is 17.6 Å². The number of nitrogens with one attached hydrogen (secondary N) is 1. The third-order valence-corrected chi connectivity index (χ3v) is 3.50. The van der Waals surface area contributed by atoms with Gasteiger partial charge in [-0.05, 0) is 36.8 Å². The molecule has 0 spiro atoms. The Bertz CT molecular complexity index is 731.